The van der Waals surface area contributed by atoms with Crippen molar-refractivity contribution >= 4 is 11.0 Å². The molecule has 5 nitrogen and oxygen atoms in total. The van der Waals surface area contributed by atoms with Gasteiger partial charge in [0.2, 0.25) is 11.5 Å². The number of hydrogen-bond donors (Lipinski definition) is 1. The van der Waals surface area contributed by atoms with E-state index in [1.165, 1.54) is 13.2 Å². The van der Waals surface area contributed by atoms with Crippen molar-refractivity contribution in [3.63, 3.8) is 0 Å². The first-order valence-corrected chi connectivity index (χ1v) is 6.13. The normalized spacial score (nSPS) is 10.3. The van der Waals surface area contributed by atoms with Gasteiger partial charge in [-0.3, -0.25) is 0 Å². The number of aromatic hydroxyl groups is 1. The summed E-state index contributed by atoms with van der Waals surface area (Å²) in [6.45, 7) is 4.14. The zero-order valence-electron chi connectivity index (χ0n) is 11.6. The largest absolute Gasteiger partial charge is 0.502 e. The van der Waals surface area contributed by atoms with Gasteiger partial charge in [0.1, 0.15) is 6.61 Å². The molecule has 0 radical (unpaired) electrons. The third-order valence-corrected chi connectivity index (χ3v) is 2.74. The zero-order chi connectivity index (χ0) is 14.7. The number of allylic oxidation sites excluding steroid dienone is 1. The molecule has 0 amide bonds. The van der Waals surface area contributed by atoms with Gasteiger partial charge in [-0.2, -0.15) is 0 Å². The van der Waals surface area contributed by atoms with Crippen molar-refractivity contribution in [3.8, 4) is 17.2 Å². The Morgan fingerprint density at radius 1 is 1.40 bits per heavy atom. The maximum atomic E-state index is 11.3. The van der Waals surface area contributed by atoms with E-state index in [1.54, 1.807) is 12.1 Å². The quantitative estimate of drug-likeness (QED) is 0.687. The molecule has 0 spiro atoms. The van der Waals surface area contributed by atoms with Crippen LogP contribution in [0.3, 0.4) is 0 Å². The maximum absolute atomic E-state index is 11.3. The molecule has 0 aliphatic heterocycles. The van der Waals surface area contributed by atoms with Gasteiger partial charge in [0.25, 0.3) is 0 Å². The molecule has 1 N–H and O–H groups in total. The molecule has 0 unspecified atom stereocenters. The molecule has 0 aliphatic rings. The van der Waals surface area contributed by atoms with E-state index in [-0.39, 0.29) is 29.4 Å². The molecular weight excluding hydrogens is 260 g/mol. The van der Waals surface area contributed by atoms with Crippen LogP contribution in [-0.4, -0.2) is 18.8 Å². The van der Waals surface area contributed by atoms with E-state index in [9.17, 15) is 9.90 Å². The fourth-order valence-corrected chi connectivity index (χ4v) is 1.73. The van der Waals surface area contributed by atoms with Crippen molar-refractivity contribution in [1.29, 1.82) is 0 Å². The average Bonchev–Trinajstić information content (AvgIpc) is 2.41. The minimum Gasteiger partial charge on any atom is -0.502 e. The van der Waals surface area contributed by atoms with Crippen molar-refractivity contribution < 1.29 is 19.0 Å². The minimum atomic E-state index is -0.505. The van der Waals surface area contributed by atoms with Gasteiger partial charge >= 0.3 is 5.63 Å². The molecule has 2 aromatic rings. The lowest BCUT2D eigenvalue weighted by molar-refractivity contribution is 0.316. The highest BCUT2D eigenvalue weighted by molar-refractivity contribution is 5.87. The van der Waals surface area contributed by atoms with Crippen LogP contribution < -0.4 is 15.1 Å². The molecule has 1 aromatic heterocycles. The van der Waals surface area contributed by atoms with Crippen LogP contribution in [0.15, 0.2) is 39.1 Å². The van der Waals surface area contributed by atoms with Crippen LogP contribution in [0.5, 0.6) is 17.2 Å². The van der Waals surface area contributed by atoms with E-state index in [1.807, 2.05) is 19.9 Å². The maximum Gasteiger partial charge on any atom is 0.336 e. The van der Waals surface area contributed by atoms with Gasteiger partial charge in [-0.25, -0.2) is 4.79 Å². The van der Waals surface area contributed by atoms with Crippen molar-refractivity contribution in [1.82, 2.24) is 0 Å². The van der Waals surface area contributed by atoms with E-state index >= 15 is 0 Å². The SMILES string of the molecule is COc1cc2ccc(=O)oc2c(OCC=C(C)C)c1O. The third-order valence-electron chi connectivity index (χ3n) is 2.74. The van der Waals surface area contributed by atoms with Gasteiger partial charge in [-0.15, -0.1) is 0 Å². The Bertz CT molecular complexity index is 708. The number of methoxy groups -OCH3 is 1. The summed E-state index contributed by atoms with van der Waals surface area (Å²) in [5.41, 5.74) is 0.783. The van der Waals surface area contributed by atoms with Gasteiger partial charge in [-0.1, -0.05) is 5.57 Å². The Balaban J connectivity index is 2.58. The standard InChI is InChI=1S/C15H16O5/c1-9(2)6-7-19-15-13(17)11(18-3)8-10-4-5-12(16)20-14(10)15/h4-6,8,17H,7H2,1-3H3. The number of hydrogen-bond acceptors (Lipinski definition) is 5. The average molecular weight is 276 g/mol. The predicted molar refractivity (Wildman–Crippen MR) is 75.6 cm³/mol. The Kier molecular flexibility index (Phi) is 3.98. The van der Waals surface area contributed by atoms with Crippen LogP contribution in [0.4, 0.5) is 0 Å². The molecule has 0 fully saturated rings. The Labute approximate surface area is 116 Å². The van der Waals surface area contributed by atoms with E-state index in [0.29, 0.717) is 5.39 Å². The molecule has 0 bridgehead atoms. The summed E-state index contributed by atoms with van der Waals surface area (Å²) in [7, 11) is 1.44. The lowest BCUT2D eigenvalue weighted by Gasteiger charge is -2.11. The van der Waals surface area contributed by atoms with Crippen LogP contribution >= 0.6 is 0 Å². The van der Waals surface area contributed by atoms with E-state index in [2.05, 4.69) is 0 Å². The summed E-state index contributed by atoms with van der Waals surface area (Å²) in [5, 5.41) is 10.7. The second kappa shape index (κ2) is 5.69. The number of phenolic OH excluding ortho intramolecular Hbond substituents is 1. The second-order valence-electron chi connectivity index (χ2n) is 4.52. The molecule has 1 heterocycles. The van der Waals surface area contributed by atoms with Crippen molar-refractivity contribution in [3.05, 3.63) is 40.3 Å². The van der Waals surface area contributed by atoms with Crippen LogP contribution in [0.25, 0.3) is 11.0 Å². The Hall–Kier alpha value is -2.43. The molecular formula is C15H16O5. The first-order valence-electron chi connectivity index (χ1n) is 6.13. The summed E-state index contributed by atoms with van der Waals surface area (Å²) in [5.74, 6) is 0.185. The van der Waals surface area contributed by atoms with Gasteiger partial charge in [-0.05, 0) is 32.1 Å². The number of fused-ring (bicyclic) bond motifs is 1. The van der Waals surface area contributed by atoms with Crippen LogP contribution in [-0.2, 0) is 0 Å². The third kappa shape index (κ3) is 2.77. The molecule has 0 aliphatic carbocycles. The number of phenols is 1. The fraction of sp³-hybridized carbons (Fsp3) is 0.267. The van der Waals surface area contributed by atoms with Gasteiger partial charge in [0.15, 0.2) is 11.3 Å². The highest BCUT2D eigenvalue weighted by Gasteiger charge is 2.17. The van der Waals surface area contributed by atoms with Crippen molar-refractivity contribution in [2.45, 2.75) is 13.8 Å². The molecule has 0 saturated heterocycles. The first-order chi connectivity index (χ1) is 9.52. The van der Waals surface area contributed by atoms with Crippen LogP contribution in [0.1, 0.15) is 13.8 Å². The second-order valence-corrected chi connectivity index (χ2v) is 4.52. The summed E-state index contributed by atoms with van der Waals surface area (Å²) >= 11 is 0. The Morgan fingerprint density at radius 2 is 2.15 bits per heavy atom. The fourth-order valence-electron chi connectivity index (χ4n) is 1.73. The number of benzene rings is 1. The molecule has 0 saturated carbocycles. The lowest BCUT2D eigenvalue weighted by Crippen LogP contribution is -2.00. The topological polar surface area (TPSA) is 68.9 Å². The molecule has 1 aromatic carbocycles. The zero-order valence-corrected chi connectivity index (χ0v) is 11.6. The van der Waals surface area contributed by atoms with Gasteiger partial charge in [0.05, 0.1) is 7.11 Å². The van der Waals surface area contributed by atoms with Gasteiger partial charge in [0, 0.05) is 11.5 Å². The summed E-state index contributed by atoms with van der Waals surface area (Å²) in [6, 6.07) is 4.48. The molecule has 2 rings (SSSR count). The van der Waals surface area contributed by atoms with Crippen LogP contribution in [0.2, 0.25) is 0 Å². The monoisotopic (exact) mass is 276 g/mol. The molecule has 106 valence electrons. The van der Waals surface area contributed by atoms with Gasteiger partial charge < -0.3 is 19.0 Å². The van der Waals surface area contributed by atoms with Crippen molar-refractivity contribution in [2.75, 3.05) is 13.7 Å². The van der Waals surface area contributed by atoms with Crippen molar-refractivity contribution in [2.24, 2.45) is 0 Å². The summed E-state index contributed by atoms with van der Waals surface area (Å²) in [6.07, 6.45) is 1.85. The molecule has 0 atom stereocenters. The smallest absolute Gasteiger partial charge is 0.336 e. The van der Waals surface area contributed by atoms with E-state index < -0.39 is 5.63 Å². The first kappa shape index (κ1) is 14.0. The van der Waals surface area contributed by atoms with E-state index in [0.717, 1.165) is 5.57 Å². The minimum absolute atomic E-state index is 0.106. The predicted octanol–water partition coefficient (Wildman–Crippen LogP) is 2.85. The molecule has 5 heteroatoms. The van der Waals surface area contributed by atoms with Crippen LogP contribution in [0, 0.1) is 0 Å². The highest BCUT2D eigenvalue weighted by atomic mass is 16.5. The number of rotatable bonds is 4. The highest BCUT2D eigenvalue weighted by Crippen LogP contribution is 2.42. The summed E-state index contributed by atoms with van der Waals surface area (Å²) < 4.78 is 15.7. The Morgan fingerprint density at radius 3 is 2.80 bits per heavy atom. The lowest BCUT2D eigenvalue weighted by atomic mass is 10.2. The van der Waals surface area contributed by atoms with E-state index in [4.69, 9.17) is 13.9 Å². The summed E-state index contributed by atoms with van der Waals surface area (Å²) in [4.78, 5) is 11.3. The number of ether oxygens (including phenoxy) is 2. The molecule has 20 heavy (non-hydrogen) atoms.